The number of benzene rings is 1. The number of nitrogens with one attached hydrogen (secondary N) is 1. The second-order valence-electron chi connectivity index (χ2n) is 3.92. The molecule has 1 aromatic carbocycles. The van der Waals surface area contributed by atoms with E-state index in [1.807, 2.05) is 13.0 Å². The van der Waals surface area contributed by atoms with Crippen molar-refractivity contribution in [3.8, 4) is 0 Å². The topological polar surface area (TPSA) is 55.2 Å². The monoisotopic (exact) mass is 298 g/mol. The van der Waals surface area contributed by atoms with Crippen LogP contribution in [0.5, 0.6) is 0 Å². The number of hydrogen-bond donors (Lipinski definition) is 1. The molecule has 0 heterocycles. The Bertz CT molecular complexity index is 446. The first-order chi connectivity index (χ1) is 7.91. The Labute approximate surface area is 109 Å². The van der Waals surface area contributed by atoms with Gasteiger partial charge in [-0.05, 0) is 19.4 Å². The molecular weight excluding hydrogens is 284 g/mol. The summed E-state index contributed by atoms with van der Waals surface area (Å²) in [5.74, 6) is 0. The third-order valence-electron chi connectivity index (χ3n) is 2.53. The van der Waals surface area contributed by atoms with Crippen LogP contribution in [0.1, 0.15) is 24.1 Å². The van der Waals surface area contributed by atoms with Crippen LogP contribution in [0.4, 0.5) is 5.69 Å². The van der Waals surface area contributed by atoms with Gasteiger partial charge in [0.05, 0.1) is 4.92 Å². The number of rotatable bonds is 5. The summed E-state index contributed by atoms with van der Waals surface area (Å²) in [6.45, 7) is 8.05. The molecule has 1 N–H and O–H groups in total. The number of hydrogen-bond acceptors (Lipinski definition) is 3. The van der Waals surface area contributed by atoms with Crippen LogP contribution in [0.15, 0.2) is 29.3 Å². The van der Waals surface area contributed by atoms with Crippen LogP contribution < -0.4 is 5.32 Å². The summed E-state index contributed by atoms with van der Waals surface area (Å²) < 4.78 is 0.853. The first-order valence-corrected chi connectivity index (χ1v) is 6.02. The Morgan fingerprint density at radius 3 is 2.82 bits per heavy atom. The highest BCUT2D eigenvalue weighted by Crippen LogP contribution is 2.23. The lowest BCUT2D eigenvalue weighted by Crippen LogP contribution is -2.19. The summed E-state index contributed by atoms with van der Waals surface area (Å²) >= 11 is 3.26. The van der Waals surface area contributed by atoms with Crippen LogP contribution in [-0.4, -0.2) is 11.5 Å². The maximum atomic E-state index is 10.8. The predicted octanol–water partition coefficient (Wildman–Crippen LogP) is 3.46. The third-order valence-corrected chi connectivity index (χ3v) is 2.81. The number of nitrogens with zero attached hydrogens (tertiary/aromatic N) is 1. The molecule has 0 aliphatic rings. The number of halogens is 1. The maximum Gasteiger partial charge on any atom is 0.272 e. The molecule has 1 aromatic rings. The molecule has 0 amide bonds. The van der Waals surface area contributed by atoms with Gasteiger partial charge in [-0.2, -0.15) is 0 Å². The van der Waals surface area contributed by atoms with Crippen molar-refractivity contribution in [3.05, 3.63) is 50.5 Å². The van der Waals surface area contributed by atoms with Crippen LogP contribution >= 0.6 is 15.9 Å². The Morgan fingerprint density at radius 2 is 2.29 bits per heavy atom. The van der Waals surface area contributed by atoms with Gasteiger partial charge in [0.1, 0.15) is 0 Å². The SMILES string of the molecule is C=C(Br)CNC(C)c1ccc(C)c([N+](=O)[O-])c1. The molecule has 1 unspecified atom stereocenters. The van der Waals surface area contributed by atoms with Gasteiger partial charge < -0.3 is 5.32 Å². The molecule has 4 nitrogen and oxygen atoms in total. The highest BCUT2D eigenvalue weighted by atomic mass is 79.9. The van der Waals surface area contributed by atoms with Crippen molar-refractivity contribution < 1.29 is 4.92 Å². The third kappa shape index (κ3) is 3.94. The van der Waals surface area contributed by atoms with Crippen molar-refractivity contribution in [1.82, 2.24) is 5.32 Å². The average Bonchev–Trinajstić information content (AvgIpc) is 2.26. The summed E-state index contributed by atoms with van der Waals surface area (Å²) in [6, 6.07) is 5.33. The molecule has 0 aliphatic carbocycles. The van der Waals surface area contributed by atoms with Crippen LogP contribution in [0.2, 0.25) is 0 Å². The Balaban J connectivity index is 2.87. The van der Waals surface area contributed by atoms with E-state index >= 15 is 0 Å². The molecule has 1 rings (SSSR count). The second-order valence-corrected chi connectivity index (χ2v) is 5.04. The molecule has 0 aromatic heterocycles. The van der Waals surface area contributed by atoms with E-state index in [9.17, 15) is 10.1 Å². The standard InChI is InChI=1S/C12H15BrN2O2/c1-8-4-5-11(6-12(8)15(16)17)10(3)14-7-9(2)13/h4-6,10,14H,2,7H2,1,3H3. The Hall–Kier alpha value is -1.20. The zero-order valence-electron chi connectivity index (χ0n) is 9.87. The van der Waals surface area contributed by atoms with Gasteiger partial charge in [-0.25, -0.2) is 0 Å². The van der Waals surface area contributed by atoms with Gasteiger partial charge in [0.2, 0.25) is 0 Å². The van der Waals surface area contributed by atoms with Crippen molar-refractivity contribution in [2.24, 2.45) is 0 Å². The van der Waals surface area contributed by atoms with Crippen molar-refractivity contribution in [2.45, 2.75) is 19.9 Å². The maximum absolute atomic E-state index is 10.8. The molecule has 0 saturated carbocycles. The van der Waals surface area contributed by atoms with E-state index < -0.39 is 0 Å². The minimum Gasteiger partial charge on any atom is -0.306 e. The molecule has 0 bridgehead atoms. The Kier molecular flexibility index (Phi) is 4.84. The van der Waals surface area contributed by atoms with Crippen LogP contribution in [0, 0.1) is 17.0 Å². The van der Waals surface area contributed by atoms with Crippen LogP contribution in [0.3, 0.4) is 0 Å². The lowest BCUT2D eigenvalue weighted by atomic mass is 10.0. The molecular formula is C12H15BrN2O2. The minimum atomic E-state index is -0.352. The highest BCUT2D eigenvalue weighted by molar-refractivity contribution is 9.11. The lowest BCUT2D eigenvalue weighted by molar-refractivity contribution is -0.385. The molecule has 0 aliphatic heterocycles. The fourth-order valence-corrected chi connectivity index (χ4v) is 1.64. The molecule has 1 atom stereocenters. The van der Waals surface area contributed by atoms with E-state index in [2.05, 4.69) is 27.8 Å². The van der Waals surface area contributed by atoms with E-state index in [-0.39, 0.29) is 16.7 Å². The van der Waals surface area contributed by atoms with E-state index in [0.29, 0.717) is 12.1 Å². The predicted molar refractivity (Wildman–Crippen MR) is 72.3 cm³/mol. The average molecular weight is 299 g/mol. The van der Waals surface area contributed by atoms with Gasteiger partial charge >= 0.3 is 0 Å². The lowest BCUT2D eigenvalue weighted by Gasteiger charge is -2.14. The molecule has 5 heteroatoms. The van der Waals surface area contributed by atoms with E-state index in [1.165, 1.54) is 0 Å². The fraction of sp³-hybridized carbons (Fsp3) is 0.333. The fourth-order valence-electron chi connectivity index (χ4n) is 1.47. The normalized spacial score (nSPS) is 12.2. The van der Waals surface area contributed by atoms with Crippen molar-refractivity contribution >= 4 is 21.6 Å². The van der Waals surface area contributed by atoms with Gasteiger partial charge in [0.15, 0.2) is 0 Å². The largest absolute Gasteiger partial charge is 0.306 e. The highest BCUT2D eigenvalue weighted by Gasteiger charge is 2.13. The summed E-state index contributed by atoms with van der Waals surface area (Å²) in [5, 5.41) is 14.0. The van der Waals surface area contributed by atoms with Crippen molar-refractivity contribution in [3.63, 3.8) is 0 Å². The van der Waals surface area contributed by atoms with Gasteiger partial charge in [0.25, 0.3) is 5.69 Å². The first kappa shape index (κ1) is 13.9. The van der Waals surface area contributed by atoms with Gasteiger partial charge in [0, 0.05) is 28.7 Å². The molecule has 17 heavy (non-hydrogen) atoms. The molecule has 0 radical (unpaired) electrons. The number of nitro groups is 1. The van der Waals surface area contributed by atoms with Gasteiger partial charge in [-0.1, -0.05) is 34.6 Å². The van der Waals surface area contributed by atoms with Crippen LogP contribution in [-0.2, 0) is 0 Å². The minimum absolute atomic E-state index is 0.0450. The van der Waals surface area contributed by atoms with Crippen molar-refractivity contribution in [1.29, 1.82) is 0 Å². The van der Waals surface area contributed by atoms with E-state index in [1.54, 1.807) is 19.1 Å². The quantitative estimate of drug-likeness (QED) is 0.669. The van der Waals surface area contributed by atoms with Gasteiger partial charge in [-0.3, -0.25) is 10.1 Å². The van der Waals surface area contributed by atoms with Crippen LogP contribution in [0.25, 0.3) is 0 Å². The summed E-state index contributed by atoms with van der Waals surface area (Å²) in [7, 11) is 0. The number of nitro benzene ring substituents is 1. The van der Waals surface area contributed by atoms with Gasteiger partial charge in [-0.15, -0.1) is 0 Å². The molecule has 0 fully saturated rings. The first-order valence-electron chi connectivity index (χ1n) is 5.23. The summed E-state index contributed by atoms with van der Waals surface area (Å²) in [6.07, 6.45) is 0. The zero-order chi connectivity index (χ0) is 13.0. The smallest absolute Gasteiger partial charge is 0.272 e. The van der Waals surface area contributed by atoms with E-state index in [0.717, 1.165) is 10.0 Å². The molecule has 0 spiro atoms. The molecule has 0 saturated heterocycles. The second kappa shape index (κ2) is 5.93. The summed E-state index contributed by atoms with van der Waals surface area (Å²) in [5.41, 5.74) is 1.74. The summed E-state index contributed by atoms with van der Waals surface area (Å²) in [4.78, 5) is 10.5. The Morgan fingerprint density at radius 1 is 1.65 bits per heavy atom. The van der Waals surface area contributed by atoms with E-state index in [4.69, 9.17) is 0 Å². The molecule has 92 valence electrons. The zero-order valence-corrected chi connectivity index (χ0v) is 11.5. The number of aryl methyl sites for hydroxylation is 1. The van der Waals surface area contributed by atoms with Crippen molar-refractivity contribution in [2.75, 3.05) is 6.54 Å².